The molecule has 2 bridgehead atoms. The number of hydrogen-bond donors (Lipinski definition) is 2. The lowest BCUT2D eigenvalue weighted by Crippen LogP contribution is -2.29. The number of nitrogens with one attached hydrogen (secondary N) is 2. The molecule has 0 radical (unpaired) electrons. The summed E-state index contributed by atoms with van der Waals surface area (Å²) in [7, 11) is 1.64. The van der Waals surface area contributed by atoms with Crippen LogP contribution in [0.1, 0.15) is 48.5 Å². The van der Waals surface area contributed by atoms with Gasteiger partial charge in [-0.3, -0.25) is 4.79 Å². The number of rotatable bonds is 7. The van der Waals surface area contributed by atoms with E-state index >= 15 is 0 Å². The number of aromatic nitrogens is 3. The zero-order valence-corrected chi connectivity index (χ0v) is 18.1. The molecular weight excluding hydrogens is 390 g/mol. The van der Waals surface area contributed by atoms with E-state index in [1.165, 1.54) is 25.7 Å². The third kappa shape index (κ3) is 3.73. The van der Waals surface area contributed by atoms with Crippen LogP contribution in [0.2, 0.25) is 0 Å². The van der Waals surface area contributed by atoms with Crippen molar-refractivity contribution < 1.29 is 9.53 Å². The molecule has 2 heterocycles. The molecule has 3 aromatic rings. The molecule has 5 rings (SSSR count). The third-order valence-electron chi connectivity index (χ3n) is 6.89. The zero-order chi connectivity index (χ0) is 21.4. The highest BCUT2D eigenvalue weighted by molar-refractivity contribution is 6.06. The lowest BCUT2D eigenvalue weighted by atomic mass is 9.94. The fraction of sp³-hybridized carbons (Fsp3) is 0.458. The van der Waals surface area contributed by atoms with Gasteiger partial charge in [-0.15, -0.1) is 0 Å². The van der Waals surface area contributed by atoms with E-state index < -0.39 is 0 Å². The Bertz CT molecular complexity index is 1090. The van der Waals surface area contributed by atoms with Crippen molar-refractivity contribution in [1.82, 2.24) is 20.1 Å². The third-order valence-corrected chi connectivity index (χ3v) is 6.89. The molecule has 0 unspecified atom stereocenters. The molecule has 31 heavy (non-hydrogen) atoms. The van der Waals surface area contributed by atoms with Gasteiger partial charge in [0.1, 0.15) is 5.75 Å². The molecule has 7 nitrogen and oxygen atoms in total. The van der Waals surface area contributed by atoms with Crippen LogP contribution in [0.5, 0.6) is 5.75 Å². The van der Waals surface area contributed by atoms with Crippen molar-refractivity contribution in [2.24, 2.45) is 11.8 Å². The van der Waals surface area contributed by atoms with Gasteiger partial charge in [-0.05, 0) is 55.7 Å². The summed E-state index contributed by atoms with van der Waals surface area (Å²) in [6.45, 7) is 3.24. The highest BCUT2D eigenvalue weighted by Crippen LogP contribution is 2.46. The van der Waals surface area contributed by atoms with Crippen molar-refractivity contribution in [2.45, 2.75) is 51.7 Å². The van der Waals surface area contributed by atoms with Gasteiger partial charge in [-0.25, -0.2) is 9.67 Å². The molecule has 0 saturated heterocycles. The van der Waals surface area contributed by atoms with Crippen LogP contribution in [0.4, 0.5) is 5.69 Å². The van der Waals surface area contributed by atoms with E-state index in [1.54, 1.807) is 13.3 Å². The van der Waals surface area contributed by atoms with Gasteiger partial charge in [0, 0.05) is 25.3 Å². The zero-order valence-electron chi connectivity index (χ0n) is 18.1. The first-order chi connectivity index (χ1) is 15.2. The number of carbonyl (C=O) groups excluding carboxylic acids is 1. The Morgan fingerprint density at radius 2 is 2.03 bits per heavy atom. The quantitative estimate of drug-likeness (QED) is 0.605. The van der Waals surface area contributed by atoms with Gasteiger partial charge < -0.3 is 15.4 Å². The number of hydrogen-bond acceptors (Lipinski definition) is 5. The first-order valence-electron chi connectivity index (χ1n) is 11.2. The highest BCUT2D eigenvalue weighted by atomic mass is 16.5. The molecule has 0 aliphatic heterocycles. The Morgan fingerprint density at radius 1 is 1.19 bits per heavy atom. The molecule has 0 spiro atoms. The number of carbonyl (C=O) groups is 1. The van der Waals surface area contributed by atoms with Crippen LogP contribution in [-0.2, 0) is 13.1 Å². The van der Waals surface area contributed by atoms with E-state index in [-0.39, 0.29) is 5.91 Å². The number of aryl methyl sites for hydroxylation is 1. The minimum Gasteiger partial charge on any atom is -0.497 e. The van der Waals surface area contributed by atoms with E-state index in [4.69, 9.17) is 4.74 Å². The first-order valence-corrected chi connectivity index (χ1v) is 11.2. The molecule has 1 aromatic carbocycles. The number of anilines is 1. The fourth-order valence-corrected chi connectivity index (χ4v) is 5.21. The lowest BCUT2D eigenvalue weighted by molar-refractivity contribution is 0.0951. The van der Waals surface area contributed by atoms with Gasteiger partial charge >= 0.3 is 0 Å². The van der Waals surface area contributed by atoms with Crippen LogP contribution in [0.3, 0.4) is 0 Å². The smallest absolute Gasteiger partial charge is 0.255 e. The summed E-state index contributed by atoms with van der Waals surface area (Å²) >= 11 is 0. The molecular formula is C24H29N5O2. The first kappa shape index (κ1) is 19.8. The lowest BCUT2D eigenvalue weighted by Gasteiger charge is -2.25. The van der Waals surface area contributed by atoms with Gasteiger partial charge in [-0.2, -0.15) is 5.10 Å². The molecule has 2 aromatic heterocycles. The molecule has 2 N–H and O–H groups in total. The van der Waals surface area contributed by atoms with Crippen LogP contribution < -0.4 is 15.4 Å². The highest BCUT2D eigenvalue weighted by Gasteiger charge is 2.40. The van der Waals surface area contributed by atoms with Crippen LogP contribution in [0.25, 0.3) is 11.0 Å². The van der Waals surface area contributed by atoms with Crippen molar-refractivity contribution in [3.63, 3.8) is 0 Å². The minimum atomic E-state index is -0.125. The van der Waals surface area contributed by atoms with Crippen molar-refractivity contribution in [3.8, 4) is 5.75 Å². The monoisotopic (exact) mass is 419 g/mol. The summed E-state index contributed by atoms with van der Waals surface area (Å²) in [6, 6.07) is 8.13. The van der Waals surface area contributed by atoms with Gasteiger partial charge in [0.25, 0.3) is 5.91 Å². The van der Waals surface area contributed by atoms with Crippen LogP contribution in [-0.4, -0.2) is 33.8 Å². The maximum atomic E-state index is 13.2. The standard InChI is InChI=1S/C24H29N5O2/c1-3-29-23-19(14-27-29)22(28-21-11-16-4-7-17(21)10-16)20(13-25-23)24(30)26-12-15-5-8-18(31-2)9-6-15/h5-6,8-9,13-14,16-17,21H,3-4,7,10-12H2,1-2H3,(H,25,28)(H,26,30)/t16-,17+,21+/m0/s1. The van der Waals surface area contributed by atoms with Gasteiger partial charge in [0.2, 0.25) is 0 Å². The van der Waals surface area contributed by atoms with E-state index in [9.17, 15) is 4.79 Å². The van der Waals surface area contributed by atoms with Crippen LogP contribution in [0.15, 0.2) is 36.7 Å². The predicted molar refractivity (Wildman–Crippen MR) is 120 cm³/mol. The maximum Gasteiger partial charge on any atom is 0.255 e. The summed E-state index contributed by atoms with van der Waals surface area (Å²) in [6.07, 6.45) is 8.64. The van der Waals surface area contributed by atoms with Crippen molar-refractivity contribution in [1.29, 1.82) is 0 Å². The molecule has 1 amide bonds. The Balaban J connectivity index is 1.41. The summed E-state index contributed by atoms with van der Waals surface area (Å²) in [4.78, 5) is 17.7. The minimum absolute atomic E-state index is 0.125. The Kier molecular flexibility index (Phi) is 5.26. The second kappa shape index (κ2) is 8.21. The molecule has 2 fully saturated rings. The largest absolute Gasteiger partial charge is 0.497 e. The number of methoxy groups -OCH3 is 1. The number of amides is 1. The van der Waals surface area contributed by atoms with Crippen molar-refractivity contribution >= 4 is 22.6 Å². The Morgan fingerprint density at radius 3 is 2.71 bits per heavy atom. The van der Waals surface area contributed by atoms with Gasteiger partial charge in [0.05, 0.1) is 29.9 Å². The van der Waals surface area contributed by atoms with Gasteiger partial charge in [-0.1, -0.05) is 18.6 Å². The second-order valence-electron chi connectivity index (χ2n) is 8.70. The van der Waals surface area contributed by atoms with E-state index in [0.717, 1.165) is 40.5 Å². The summed E-state index contributed by atoms with van der Waals surface area (Å²) < 4.78 is 7.08. The molecule has 3 atom stereocenters. The van der Waals surface area contributed by atoms with Crippen molar-refractivity contribution in [3.05, 3.63) is 47.8 Å². The molecule has 7 heteroatoms. The summed E-state index contributed by atoms with van der Waals surface area (Å²) in [5, 5.41) is 12.2. The number of ether oxygens (including phenoxy) is 1. The molecule has 162 valence electrons. The number of pyridine rings is 1. The number of fused-ring (bicyclic) bond motifs is 3. The van der Waals surface area contributed by atoms with Crippen LogP contribution in [0, 0.1) is 11.8 Å². The SMILES string of the molecule is CCn1ncc2c(N[C@@H]3C[C@H]4CC[C@@H]3C4)c(C(=O)NCc3ccc(OC)cc3)cnc21. The fourth-order valence-electron chi connectivity index (χ4n) is 5.21. The van der Waals surface area contributed by atoms with E-state index in [0.29, 0.717) is 24.1 Å². The van der Waals surface area contributed by atoms with Gasteiger partial charge in [0.15, 0.2) is 5.65 Å². The van der Waals surface area contributed by atoms with Crippen LogP contribution >= 0.6 is 0 Å². The number of nitrogens with zero attached hydrogens (tertiary/aromatic N) is 3. The van der Waals surface area contributed by atoms with Crippen molar-refractivity contribution in [2.75, 3.05) is 12.4 Å². The second-order valence-corrected chi connectivity index (χ2v) is 8.70. The molecule has 2 aliphatic rings. The molecule has 2 saturated carbocycles. The average molecular weight is 420 g/mol. The average Bonchev–Trinajstić information content (AvgIpc) is 3.53. The Hall–Kier alpha value is -3.09. The topological polar surface area (TPSA) is 81.1 Å². The number of benzene rings is 1. The maximum absolute atomic E-state index is 13.2. The summed E-state index contributed by atoms with van der Waals surface area (Å²) in [5.74, 6) is 2.20. The predicted octanol–water partition coefficient (Wildman–Crippen LogP) is 3.99. The molecule has 2 aliphatic carbocycles. The van der Waals surface area contributed by atoms with E-state index in [1.807, 2.05) is 42.1 Å². The Labute approximate surface area is 182 Å². The summed E-state index contributed by atoms with van der Waals surface area (Å²) in [5.41, 5.74) is 3.29. The van der Waals surface area contributed by atoms with E-state index in [2.05, 4.69) is 20.7 Å². The normalized spacial score (nSPS) is 22.1.